The molecule has 5 nitrogen and oxygen atoms in total. The van der Waals surface area contributed by atoms with E-state index in [2.05, 4.69) is 6.58 Å². The van der Waals surface area contributed by atoms with Gasteiger partial charge in [-0.05, 0) is 11.6 Å². The van der Waals surface area contributed by atoms with Gasteiger partial charge in [0.2, 0.25) is 0 Å². The molecule has 1 aromatic rings. The van der Waals surface area contributed by atoms with Crippen molar-refractivity contribution >= 4 is 9.84 Å². The van der Waals surface area contributed by atoms with Crippen molar-refractivity contribution in [1.82, 2.24) is 0 Å². The quantitative estimate of drug-likeness (QED) is 0.771. The molecule has 1 heterocycles. The van der Waals surface area contributed by atoms with Crippen LogP contribution in [0.1, 0.15) is 5.56 Å². The molecule has 0 saturated carbocycles. The van der Waals surface area contributed by atoms with Crippen molar-refractivity contribution in [2.75, 3.05) is 13.7 Å². The van der Waals surface area contributed by atoms with E-state index in [-0.39, 0.29) is 11.5 Å². The Morgan fingerprint density at radius 3 is 2.67 bits per heavy atom. The van der Waals surface area contributed by atoms with Crippen LogP contribution in [0.15, 0.2) is 53.3 Å². The summed E-state index contributed by atoms with van der Waals surface area (Å²) in [5.41, 5.74) is 1.01. The van der Waals surface area contributed by atoms with E-state index in [0.29, 0.717) is 6.61 Å². The average Bonchev–Trinajstić information content (AvgIpc) is 2.92. The van der Waals surface area contributed by atoms with E-state index in [0.717, 1.165) is 11.0 Å². The van der Waals surface area contributed by atoms with E-state index in [9.17, 15) is 8.42 Å². The molecule has 1 aliphatic heterocycles. The van der Waals surface area contributed by atoms with Gasteiger partial charge < -0.3 is 14.2 Å². The average molecular weight is 310 g/mol. The van der Waals surface area contributed by atoms with Crippen LogP contribution in [0.2, 0.25) is 0 Å². The van der Waals surface area contributed by atoms with Crippen molar-refractivity contribution < 1.29 is 22.6 Å². The predicted octanol–water partition coefficient (Wildman–Crippen LogP) is 2.02. The first-order valence-corrected chi connectivity index (χ1v) is 8.00. The summed E-state index contributed by atoms with van der Waals surface area (Å²) in [7, 11) is -2.09. The Morgan fingerprint density at radius 1 is 1.33 bits per heavy atom. The Morgan fingerprint density at radius 2 is 2.05 bits per heavy atom. The third kappa shape index (κ3) is 4.01. The SMILES string of the molecule is C=CS(=O)(=O)C1=C[C@H](OC)O[C@@H]1COCc1ccccc1. The summed E-state index contributed by atoms with van der Waals surface area (Å²) in [4.78, 5) is 0.136. The molecular formula is C15H18O5S. The minimum Gasteiger partial charge on any atom is -0.374 e. The lowest BCUT2D eigenvalue weighted by Gasteiger charge is -2.15. The van der Waals surface area contributed by atoms with Crippen LogP contribution in [-0.2, 0) is 30.7 Å². The molecule has 0 aliphatic carbocycles. The van der Waals surface area contributed by atoms with E-state index < -0.39 is 22.2 Å². The van der Waals surface area contributed by atoms with E-state index in [1.54, 1.807) is 0 Å². The molecule has 0 unspecified atom stereocenters. The summed E-state index contributed by atoms with van der Waals surface area (Å²) in [5.74, 6) is 0. The number of hydrogen-bond acceptors (Lipinski definition) is 5. The van der Waals surface area contributed by atoms with Crippen LogP contribution in [0.4, 0.5) is 0 Å². The fraction of sp³-hybridized carbons (Fsp3) is 0.333. The summed E-state index contributed by atoms with van der Waals surface area (Å²) >= 11 is 0. The largest absolute Gasteiger partial charge is 0.374 e. The predicted molar refractivity (Wildman–Crippen MR) is 79.0 cm³/mol. The van der Waals surface area contributed by atoms with Crippen molar-refractivity contribution in [1.29, 1.82) is 0 Å². The topological polar surface area (TPSA) is 61.8 Å². The zero-order valence-electron chi connectivity index (χ0n) is 11.8. The molecular weight excluding hydrogens is 292 g/mol. The number of methoxy groups -OCH3 is 1. The monoisotopic (exact) mass is 310 g/mol. The Labute approximate surface area is 124 Å². The maximum atomic E-state index is 11.9. The van der Waals surface area contributed by atoms with E-state index in [1.165, 1.54) is 13.2 Å². The smallest absolute Gasteiger partial charge is 0.197 e. The van der Waals surface area contributed by atoms with Gasteiger partial charge in [0.15, 0.2) is 16.1 Å². The number of benzene rings is 1. The minimum atomic E-state index is -3.55. The highest BCUT2D eigenvalue weighted by atomic mass is 32.2. The Bertz CT molecular complexity index is 606. The van der Waals surface area contributed by atoms with Crippen LogP contribution in [-0.4, -0.2) is 34.5 Å². The van der Waals surface area contributed by atoms with E-state index in [4.69, 9.17) is 14.2 Å². The molecule has 0 saturated heterocycles. The molecule has 0 aromatic heterocycles. The first kappa shape index (κ1) is 15.9. The zero-order valence-corrected chi connectivity index (χ0v) is 12.6. The number of ether oxygens (including phenoxy) is 3. The van der Waals surface area contributed by atoms with Crippen LogP contribution in [0.5, 0.6) is 0 Å². The van der Waals surface area contributed by atoms with Gasteiger partial charge in [-0.25, -0.2) is 8.42 Å². The van der Waals surface area contributed by atoms with Gasteiger partial charge in [-0.2, -0.15) is 0 Å². The molecule has 0 bridgehead atoms. The van der Waals surface area contributed by atoms with E-state index >= 15 is 0 Å². The lowest BCUT2D eigenvalue weighted by molar-refractivity contribution is -0.116. The van der Waals surface area contributed by atoms with Gasteiger partial charge in [0.05, 0.1) is 18.1 Å². The molecule has 0 radical (unpaired) electrons. The molecule has 1 aliphatic rings. The second-order valence-electron chi connectivity index (χ2n) is 4.51. The van der Waals surface area contributed by atoms with Crippen molar-refractivity contribution in [3.8, 4) is 0 Å². The van der Waals surface area contributed by atoms with Gasteiger partial charge in [-0.1, -0.05) is 36.9 Å². The summed E-state index contributed by atoms with van der Waals surface area (Å²) in [5, 5.41) is 0.907. The third-order valence-corrected chi connectivity index (χ3v) is 4.57. The molecule has 114 valence electrons. The van der Waals surface area contributed by atoms with Gasteiger partial charge in [0, 0.05) is 12.5 Å². The van der Waals surface area contributed by atoms with Gasteiger partial charge in [0.1, 0.15) is 6.10 Å². The number of sulfone groups is 1. The van der Waals surface area contributed by atoms with Crippen molar-refractivity contribution in [3.05, 3.63) is 58.9 Å². The van der Waals surface area contributed by atoms with Crippen molar-refractivity contribution in [2.24, 2.45) is 0 Å². The fourth-order valence-electron chi connectivity index (χ4n) is 1.99. The Hall–Kier alpha value is -1.47. The maximum Gasteiger partial charge on any atom is 0.197 e. The summed E-state index contributed by atoms with van der Waals surface area (Å²) in [6, 6.07) is 9.62. The molecule has 21 heavy (non-hydrogen) atoms. The molecule has 0 fully saturated rings. The van der Waals surface area contributed by atoms with Crippen LogP contribution < -0.4 is 0 Å². The highest BCUT2D eigenvalue weighted by Gasteiger charge is 2.34. The van der Waals surface area contributed by atoms with Crippen LogP contribution in [0.25, 0.3) is 0 Å². The second-order valence-corrected chi connectivity index (χ2v) is 6.41. The van der Waals surface area contributed by atoms with Crippen molar-refractivity contribution in [3.63, 3.8) is 0 Å². The molecule has 1 aromatic carbocycles. The van der Waals surface area contributed by atoms with Crippen LogP contribution in [0, 0.1) is 0 Å². The zero-order chi connectivity index (χ0) is 15.3. The maximum absolute atomic E-state index is 11.9. The van der Waals surface area contributed by atoms with E-state index in [1.807, 2.05) is 30.3 Å². The molecule has 2 rings (SSSR count). The molecule has 6 heteroatoms. The normalized spacial score (nSPS) is 22.0. The number of rotatable bonds is 7. The lowest BCUT2D eigenvalue weighted by atomic mass is 10.2. The first-order valence-electron chi connectivity index (χ1n) is 6.46. The molecule has 0 N–H and O–H groups in total. The minimum absolute atomic E-state index is 0.133. The highest BCUT2D eigenvalue weighted by Crippen LogP contribution is 2.26. The van der Waals surface area contributed by atoms with Gasteiger partial charge in [0.25, 0.3) is 0 Å². The molecule has 0 amide bonds. The molecule has 0 spiro atoms. The van der Waals surface area contributed by atoms with Crippen molar-refractivity contribution in [2.45, 2.75) is 19.0 Å². The Kier molecular flexibility index (Phi) is 5.30. The van der Waals surface area contributed by atoms with Gasteiger partial charge in [-0.3, -0.25) is 0 Å². The Balaban J connectivity index is 1.99. The summed E-state index contributed by atoms with van der Waals surface area (Å²) in [6.07, 6.45) is 0.0785. The van der Waals surface area contributed by atoms with Gasteiger partial charge >= 0.3 is 0 Å². The highest BCUT2D eigenvalue weighted by molar-refractivity contribution is 7.98. The fourth-order valence-corrected chi connectivity index (χ4v) is 2.97. The summed E-state index contributed by atoms with van der Waals surface area (Å²) in [6.45, 7) is 3.85. The summed E-state index contributed by atoms with van der Waals surface area (Å²) < 4.78 is 39.9. The molecule has 2 atom stereocenters. The number of hydrogen-bond donors (Lipinski definition) is 0. The third-order valence-electron chi connectivity index (χ3n) is 3.08. The standard InChI is InChI=1S/C15H18O5S/c1-3-21(16,17)14-9-15(18-2)20-13(14)11-19-10-12-7-5-4-6-8-12/h3-9,13,15H,1,10-11H2,2H3/t13-,15-/m1/s1. The van der Waals surface area contributed by atoms with Gasteiger partial charge in [-0.15, -0.1) is 0 Å². The van der Waals surface area contributed by atoms with Crippen LogP contribution in [0.3, 0.4) is 0 Å². The second kappa shape index (κ2) is 7.00. The van der Waals surface area contributed by atoms with Crippen LogP contribution >= 0.6 is 0 Å². The first-order chi connectivity index (χ1) is 10.1. The lowest BCUT2D eigenvalue weighted by Crippen LogP contribution is -2.24.